The average molecular weight is 227 g/mol. The fourth-order valence-corrected chi connectivity index (χ4v) is 1.67. The lowest BCUT2D eigenvalue weighted by Crippen LogP contribution is -2.05. The smallest absolute Gasteiger partial charge is 0.158 e. The van der Waals surface area contributed by atoms with Crippen LogP contribution in [0.4, 0.5) is 0 Å². The third kappa shape index (κ3) is 3.09. The molecule has 14 heavy (non-hydrogen) atoms. The molecule has 0 heterocycles. The molecule has 0 aromatic heterocycles. The summed E-state index contributed by atoms with van der Waals surface area (Å²) in [6, 6.07) is 7.48. The first-order valence-corrected chi connectivity index (χ1v) is 5.18. The van der Waals surface area contributed by atoms with E-state index < -0.39 is 0 Å². The first kappa shape index (κ1) is 11.1. The molecule has 1 rings (SSSR count). The Morgan fingerprint density at radius 3 is 2.86 bits per heavy atom. The standard InChI is InChI=1S/C10H11ClN2S/c1-7(14-10(12)13-2)8-4-3-5-9(11)6-8/h3-6H,1H2,2H3,(H2,12,13). The van der Waals surface area contributed by atoms with Gasteiger partial charge in [-0.05, 0) is 17.7 Å². The lowest BCUT2D eigenvalue weighted by molar-refractivity contribution is 1.44. The lowest BCUT2D eigenvalue weighted by atomic mass is 10.2. The minimum atomic E-state index is 0.495. The molecule has 1 aromatic rings. The molecule has 2 N–H and O–H groups in total. The summed E-state index contributed by atoms with van der Waals surface area (Å²) in [4.78, 5) is 4.68. The number of halogens is 1. The number of nitrogens with two attached hydrogens (primary N) is 1. The largest absolute Gasteiger partial charge is 0.378 e. The predicted molar refractivity (Wildman–Crippen MR) is 65.6 cm³/mol. The number of hydrogen-bond acceptors (Lipinski definition) is 2. The van der Waals surface area contributed by atoms with Crippen LogP contribution in [-0.2, 0) is 0 Å². The molecule has 1 aromatic carbocycles. The summed E-state index contributed by atoms with van der Waals surface area (Å²) in [7, 11) is 1.65. The normalized spacial score (nSPS) is 11.4. The van der Waals surface area contributed by atoms with Gasteiger partial charge >= 0.3 is 0 Å². The number of thioether (sulfide) groups is 1. The Kier molecular flexibility index (Phi) is 4.04. The molecule has 0 bridgehead atoms. The van der Waals surface area contributed by atoms with E-state index >= 15 is 0 Å². The number of benzene rings is 1. The highest BCUT2D eigenvalue weighted by Gasteiger charge is 2.02. The summed E-state index contributed by atoms with van der Waals surface area (Å²) in [5.74, 6) is 0. The molecule has 2 nitrogen and oxygen atoms in total. The second-order valence-electron chi connectivity index (χ2n) is 2.60. The van der Waals surface area contributed by atoms with Gasteiger partial charge in [0, 0.05) is 17.0 Å². The zero-order valence-electron chi connectivity index (χ0n) is 7.83. The van der Waals surface area contributed by atoms with Crippen LogP contribution in [0.1, 0.15) is 5.56 Å². The van der Waals surface area contributed by atoms with E-state index in [1.54, 1.807) is 7.05 Å². The Labute approximate surface area is 92.9 Å². The fraction of sp³-hybridized carbons (Fsp3) is 0.100. The van der Waals surface area contributed by atoms with Crippen molar-refractivity contribution >= 4 is 33.4 Å². The number of nitrogens with zero attached hydrogens (tertiary/aromatic N) is 1. The van der Waals surface area contributed by atoms with E-state index in [4.69, 9.17) is 17.3 Å². The van der Waals surface area contributed by atoms with Crippen molar-refractivity contribution in [3.05, 3.63) is 41.4 Å². The van der Waals surface area contributed by atoms with E-state index in [-0.39, 0.29) is 0 Å². The van der Waals surface area contributed by atoms with Crippen molar-refractivity contribution in [2.24, 2.45) is 10.7 Å². The Morgan fingerprint density at radius 2 is 2.29 bits per heavy atom. The lowest BCUT2D eigenvalue weighted by Gasteiger charge is -2.04. The van der Waals surface area contributed by atoms with Gasteiger partial charge in [0.15, 0.2) is 5.17 Å². The van der Waals surface area contributed by atoms with E-state index in [9.17, 15) is 0 Å². The molecular formula is C10H11ClN2S. The van der Waals surface area contributed by atoms with E-state index in [0.29, 0.717) is 10.2 Å². The predicted octanol–water partition coefficient (Wildman–Crippen LogP) is 2.99. The molecule has 0 fully saturated rings. The third-order valence-electron chi connectivity index (χ3n) is 1.59. The van der Waals surface area contributed by atoms with Gasteiger partial charge in [0.25, 0.3) is 0 Å². The molecular weight excluding hydrogens is 216 g/mol. The van der Waals surface area contributed by atoms with Crippen LogP contribution in [-0.4, -0.2) is 12.2 Å². The molecule has 0 unspecified atom stereocenters. The van der Waals surface area contributed by atoms with Crippen LogP contribution >= 0.6 is 23.4 Å². The van der Waals surface area contributed by atoms with Crippen molar-refractivity contribution in [1.82, 2.24) is 0 Å². The van der Waals surface area contributed by atoms with E-state index in [0.717, 1.165) is 10.5 Å². The van der Waals surface area contributed by atoms with Crippen LogP contribution in [0.2, 0.25) is 5.02 Å². The molecule has 0 spiro atoms. The number of aliphatic imine (C=N–C) groups is 1. The fourth-order valence-electron chi connectivity index (χ4n) is 0.893. The maximum atomic E-state index is 5.85. The number of amidine groups is 1. The summed E-state index contributed by atoms with van der Waals surface area (Å²) < 4.78 is 0. The van der Waals surface area contributed by atoms with Gasteiger partial charge in [0.1, 0.15) is 0 Å². The van der Waals surface area contributed by atoms with Crippen LogP contribution in [0, 0.1) is 0 Å². The molecule has 0 atom stereocenters. The van der Waals surface area contributed by atoms with Crippen LogP contribution in [0.5, 0.6) is 0 Å². The first-order valence-electron chi connectivity index (χ1n) is 3.98. The van der Waals surface area contributed by atoms with Crippen LogP contribution in [0.15, 0.2) is 35.8 Å². The summed E-state index contributed by atoms with van der Waals surface area (Å²) in [5.41, 5.74) is 6.54. The molecule has 0 amide bonds. The summed E-state index contributed by atoms with van der Waals surface area (Å²) in [5, 5.41) is 1.19. The molecule has 0 radical (unpaired) electrons. The van der Waals surface area contributed by atoms with Crippen LogP contribution in [0.3, 0.4) is 0 Å². The zero-order valence-corrected chi connectivity index (χ0v) is 9.40. The zero-order chi connectivity index (χ0) is 10.6. The van der Waals surface area contributed by atoms with E-state index in [2.05, 4.69) is 11.6 Å². The van der Waals surface area contributed by atoms with Crippen molar-refractivity contribution in [3.8, 4) is 0 Å². The van der Waals surface area contributed by atoms with Crippen molar-refractivity contribution in [1.29, 1.82) is 0 Å². The summed E-state index contributed by atoms with van der Waals surface area (Å²) >= 11 is 7.18. The minimum Gasteiger partial charge on any atom is -0.378 e. The van der Waals surface area contributed by atoms with Crippen molar-refractivity contribution < 1.29 is 0 Å². The van der Waals surface area contributed by atoms with Crippen molar-refractivity contribution in [3.63, 3.8) is 0 Å². The van der Waals surface area contributed by atoms with Crippen LogP contribution < -0.4 is 5.73 Å². The third-order valence-corrected chi connectivity index (χ3v) is 2.70. The van der Waals surface area contributed by atoms with Crippen LogP contribution in [0.25, 0.3) is 4.91 Å². The molecule has 0 aliphatic carbocycles. The SMILES string of the molecule is C=C(SC(N)=NC)c1cccc(Cl)c1. The maximum absolute atomic E-state index is 5.85. The molecule has 74 valence electrons. The average Bonchev–Trinajstić information content (AvgIpc) is 2.17. The Hall–Kier alpha value is -0.930. The molecule has 0 saturated carbocycles. The second kappa shape index (κ2) is 5.08. The van der Waals surface area contributed by atoms with Gasteiger partial charge < -0.3 is 5.73 Å². The monoisotopic (exact) mass is 226 g/mol. The van der Waals surface area contributed by atoms with Gasteiger partial charge in [0.05, 0.1) is 0 Å². The van der Waals surface area contributed by atoms with Gasteiger partial charge in [-0.25, -0.2) is 0 Å². The van der Waals surface area contributed by atoms with E-state index in [1.165, 1.54) is 11.8 Å². The quantitative estimate of drug-likeness (QED) is 0.622. The van der Waals surface area contributed by atoms with Gasteiger partial charge in [-0.2, -0.15) is 0 Å². The number of rotatable bonds is 2. The van der Waals surface area contributed by atoms with Crippen molar-refractivity contribution in [2.45, 2.75) is 0 Å². The maximum Gasteiger partial charge on any atom is 0.158 e. The van der Waals surface area contributed by atoms with Gasteiger partial charge in [-0.15, -0.1) is 0 Å². The highest BCUT2D eigenvalue weighted by atomic mass is 35.5. The van der Waals surface area contributed by atoms with Gasteiger partial charge in [-0.1, -0.05) is 42.1 Å². The highest BCUT2D eigenvalue weighted by molar-refractivity contribution is 8.21. The number of hydrogen-bond donors (Lipinski definition) is 1. The minimum absolute atomic E-state index is 0.495. The van der Waals surface area contributed by atoms with Gasteiger partial charge in [0.2, 0.25) is 0 Å². The topological polar surface area (TPSA) is 38.4 Å². The van der Waals surface area contributed by atoms with Crippen molar-refractivity contribution in [2.75, 3.05) is 7.05 Å². The highest BCUT2D eigenvalue weighted by Crippen LogP contribution is 2.26. The molecule has 0 aliphatic rings. The first-order chi connectivity index (χ1) is 6.63. The van der Waals surface area contributed by atoms with Gasteiger partial charge in [-0.3, -0.25) is 4.99 Å². The Morgan fingerprint density at radius 1 is 1.57 bits per heavy atom. The summed E-state index contributed by atoms with van der Waals surface area (Å²) in [6.07, 6.45) is 0. The Bertz CT molecular complexity index is 374. The molecule has 0 saturated heterocycles. The summed E-state index contributed by atoms with van der Waals surface area (Å²) in [6.45, 7) is 3.90. The molecule has 0 aliphatic heterocycles. The van der Waals surface area contributed by atoms with E-state index in [1.807, 2.05) is 24.3 Å². The molecule has 4 heteroatoms. The second-order valence-corrected chi connectivity index (χ2v) is 4.15. The Balaban J connectivity index is 2.80.